The zero-order valence-electron chi connectivity index (χ0n) is 16.2. The monoisotopic (exact) mass is 417 g/mol. The highest BCUT2D eigenvalue weighted by atomic mass is 35.5. The molecule has 0 aromatic heterocycles. The molecule has 1 fully saturated rings. The van der Waals surface area contributed by atoms with Gasteiger partial charge in [0.15, 0.2) is 5.78 Å². The molecule has 0 bridgehead atoms. The van der Waals surface area contributed by atoms with Gasteiger partial charge in [0.2, 0.25) is 0 Å². The molecule has 1 aliphatic heterocycles. The second-order valence-corrected chi connectivity index (χ2v) is 7.17. The van der Waals surface area contributed by atoms with Gasteiger partial charge < -0.3 is 19.7 Å². The van der Waals surface area contributed by atoms with Gasteiger partial charge in [-0.05, 0) is 35.4 Å². The summed E-state index contributed by atoms with van der Waals surface area (Å²) >= 11 is 5.88. The summed E-state index contributed by atoms with van der Waals surface area (Å²) in [5.74, 6) is -0.323. The molecule has 29 heavy (non-hydrogen) atoms. The number of halogens is 1. The lowest BCUT2D eigenvalue weighted by Gasteiger charge is -2.28. The molecule has 7 heteroatoms. The van der Waals surface area contributed by atoms with Crippen LogP contribution in [0.5, 0.6) is 11.5 Å². The molecule has 0 saturated carbocycles. The summed E-state index contributed by atoms with van der Waals surface area (Å²) in [7, 11) is 1.43. The van der Waals surface area contributed by atoms with Crippen LogP contribution >= 0.6 is 11.6 Å². The fourth-order valence-electron chi connectivity index (χ4n) is 3.27. The first kappa shape index (κ1) is 21.3. The van der Waals surface area contributed by atoms with Crippen molar-refractivity contribution in [3.63, 3.8) is 0 Å². The molecule has 2 aromatic carbocycles. The number of aromatic hydroxyl groups is 1. The number of aliphatic hydroxyl groups excluding tert-OH is 1. The van der Waals surface area contributed by atoms with Crippen LogP contribution in [0.3, 0.4) is 0 Å². The van der Waals surface area contributed by atoms with Crippen LogP contribution in [0.4, 0.5) is 0 Å². The largest absolute Gasteiger partial charge is 0.507 e. The van der Waals surface area contributed by atoms with Crippen molar-refractivity contribution in [1.82, 2.24) is 4.90 Å². The highest BCUT2D eigenvalue weighted by Gasteiger charge is 2.24. The van der Waals surface area contributed by atoms with Crippen LogP contribution in [0, 0.1) is 0 Å². The Morgan fingerprint density at radius 1 is 1.28 bits per heavy atom. The van der Waals surface area contributed by atoms with E-state index in [1.165, 1.54) is 13.2 Å². The van der Waals surface area contributed by atoms with E-state index in [0.717, 1.165) is 18.7 Å². The van der Waals surface area contributed by atoms with E-state index >= 15 is 0 Å². The van der Waals surface area contributed by atoms with Crippen LogP contribution in [-0.4, -0.2) is 54.3 Å². The quantitative estimate of drug-likeness (QED) is 0.531. The van der Waals surface area contributed by atoms with E-state index in [2.05, 4.69) is 4.90 Å². The predicted molar refractivity (Wildman–Crippen MR) is 111 cm³/mol. The Labute approximate surface area is 174 Å². The van der Waals surface area contributed by atoms with Crippen LogP contribution in [0.1, 0.15) is 27.0 Å². The summed E-state index contributed by atoms with van der Waals surface area (Å²) in [5.41, 5.74) is 1.95. The topological polar surface area (TPSA) is 79.2 Å². The number of hydrogen-bond donors (Lipinski definition) is 2. The maximum absolute atomic E-state index is 12.9. The number of phenolic OH excluding ortho intramolecular Hbond substituents is 1. The number of aliphatic hydroxyl groups is 1. The molecule has 1 heterocycles. The zero-order valence-corrected chi connectivity index (χ0v) is 17.0. The number of ether oxygens (including phenoxy) is 2. The summed E-state index contributed by atoms with van der Waals surface area (Å²) in [6.07, 6.45) is 3.04. The van der Waals surface area contributed by atoms with Crippen molar-refractivity contribution in [3.05, 3.63) is 63.7 Å². The molecule has 0 atom stereocenters. The molecule has 0 unspecified atom stereocenters. The van der Waals surface area contributed by atoms with Gasteiger partial charge >= 0.3 is 0 Å². The molecule has 154 valence electrons. The first-order chi connectivity index (χ1) is 14.0. The minimum atomic E-state index is -0.387. The molecule has 2 N–H and O–H groups in total. The Morgan fingerprint density at radius 3 is 2.59 bits per heavy atom. The van der Waals surface area contributed by atoms with Gasteiger partial charge in [-0.15, -0.1) is 0 Å². The van der Waals surface area contributed by atoms with Gasteiger partial charge in [-0.2, -0.15) is 0 Å². The third-order valence-electron chi connectivity index (χ3n) is 4.88. The lowest BCUT2D eigenvalue weighted by Crippen LogP contribution is -2.36. The number of ketones is 1. The number of phenols is 1. The van der Waals surface area contributed by atoms with Crippen LogP contribution in [0.25, 0.3) is 6.08 Å². The summed E-state index contributed by atoms with van der Waals surface area (Å²) in [4.78, 5) is 15.0. The minimum Gasteiger partial charge on any atom is -0.507 e. The average molecular weight is 418 g/mol. The maximum Gasteiger partial charge on any atom is 0.193 e. The van der Waals surface area contributed by atoms with Crippen LogP contribution < -0.4 is 4.74 Å². The Kier molecular flexibility index (Phi) is 7.28. The normalized spacial score (nSPS) is 15.0. The van der Waals surface area contributed by atoms with Crippen molar-refractivity contribution < 1.29 is 24.5 Å². The second-order valence-electron chi connectivity index (χ2n) is 6.74. The number of benzene rings is 2. The smallest absolute Gasteiger partial charge is 0.193 e. The summed E-state index contributed by atoms with van der Waals surface area (Å²) in [5, 5.41) is 21.3. The number of hydrogen-bond acceptors (Lipinski definition) is 6. The minimum absolute atomic E-state index is 0.0816. The van der Waals surface area contributed by atoms with E-state index in [1.807, 2.05) is 0 Å². The Hall–Kier alpha value is -2.38. The van der Waals surface area contributed by atoms with Crippen molar-refractivity contribution in [1.29, 1.82) is 0 Å². The molecule has 0 radical (unpaired) electrons. The lowest BCUT2D eigenvalue weighted by atomic mass is 9.97. The van der Waals surface area contributed by atoms with Gasteiger partial charge in [0.25, 0.3) is 0 Å². The van der Waals surface area contributed by atoms with Crippen molar-refractivity contribution in [2.24, 2.45) is 0 Å². The summed E-state index contributed by atoms with van der Waals surface area (Å²) in [6.45, 7) is 2.81. The second kappa shape index (κ2) is 9.89. The SMILES string of the molecule is COc1cc(CO)c(CN2CCOCC2)c(O)c1C(=O)C=Cc1ccc(Cl)cc1. The van der Waals surface area contributed by atoms with Gasteiger partial charge in [0.05, 0.1) is 26.9 Å². The van der Waals surface area contributed by atoms with Crippen molar-refractivity contribution >= 4 is 23.5 Å². The molecular formula is C22H24ClNO5. The van der Waals surface area contributed by atoms with Crippen LogP contribution in [0.2, 0.25) is 5.02 Å². The van der Waals surface area contributed by atoms with Gasteiger partial charge in [0, 0.05) is 30.2 Å². The van der Waals surface area contributed by atoms with Crippen molar-refractivity contribution in [3.8, 4) is 11.5 Å². The highest BCUT2D eigenvalue weighted by Crippen LogP contribution is 2.36. The molecule has 1 saturated heterocycles. The molecule has 6 nitrogen and oxygen atoms in total. The molecule has 0 amide bonds. The van der Waals surface area contributed by atoms with Gasteiger partial charge in [-0.1, -0.05) is 29.8 Å². The summed E-state index contributed by atoms with van der Waals surface area (Å²) in [6, 6.07) is 8.67. The molecule has 2 aromatic rings. The van der Waals surface area contributed by atoms with E-state index in [4.69, 9.17) is 21.1 Å². The fraction of sp³-hybridized carbons (Fsp3) is 0.318. The number of methoxy groups -OCH3 is 1. The first-order valence-electron chi connectivity index (χ1n) is 9.34. The van der Waals surface area contributed by atoms with E-state index in [9.17, 15) is 15.0 Å². The van der Waals surface area contributed by atoms with Crippen LogP contribution in [0.15, 0.2) is 36.4 Å². The van der Waals surface area contributed by atoms with Gasteiger partial charge in [0.1, 0.15) is 17.1 Å². The maximum atomic E-state index is 12.9. The molecular weight excluding hydrogens is 394 g/mol. The van der Waals surface area contributed by atoms with Gasteiger partial charge in [-0.3, -0.25) is 9.69 Å². The van der Waals surface area contributed by atoms with E-state index < -0.39 is 0 Å². The number of nitrogens with zero attached hydrogens (tertiary/aromatic N) is 1. The molecule has 0 spiro atoms. The fourth-order valence-corrected chi connectivity index (χ4v) is 3.39. The molecule has 3 rings (SSSR count). The number of carbonyl (C=O) groups is 1. The Balaban J connectivity index is 1.94. The average Bonchev–Trinajstić information content (AvgIpc) is 2.75. The number of morpholine rings is 1. The van der Waals surface area contributed by atoms with Gasteiger partial charge in [-0.25, -0.2) is 0 Å². The van der Waals surface area contributed by atoms with Crippen LogP contribution in [-0.2, 0) is 17.9 Å². The summed E-state index contributed by atoms with van der Waals surface area (Å²) < 4.78 is 10.7. The van der Waals surface area contributed by atoms with E-state index in [-0.39, 0.29) is 29.5 Å². The van der Waals surface area contributed by atoms with E-state index in [0.29, 0.717) is 35.9 Å². The Morgan fingerprint density at radius 2 is 1.97 bits per heavy atom. The number of rotatable bonds is 7. The highest BCUT2D eigenvalue weighted by molar-refractivity contribution is 6.30. The lowest BCUT2D eigenvalue weighted by molar-refractivity contribution is 0.0336. The molecule has 0 aliphatic carbocycles. The number of allylic oxidation sites excluding steroid dienone is 1. The number of carbonyl (C=O) groups excluding carboxylic acids is 1. The van der Waals surface area contributed by atoms with Crippen molar-refractivity contribution in [2.45, 2.75) is 13.2 Å². The first-order valence-corrected chi connectivity index (χ1v) is 9.72. The molecule has 1 aliphatic rings. The van der Waals surface area contributed by atoms with Crippen molar-refractivity contribution in [2.75, 3.05) is 33.4 Å². The third kappa shape index (κ3) is 5.16. The third-order valence-corrected chi connectivity index (χ3v) is 5.13. The Bertz CT molecular complexity index is 889. The van der Waals surface area contributed by atoms with E-state index in [1.54, 1.807) is 36.4 Å². The zero-order chi connectivity index (χ0) is 20.8. The predicted octanol–water partition coefficient (Wildman–Crippen LogP) is 3.27. The standard InChI is InChI=1S/C22H24ClNO5/c1-28-20-12-16(14-25)18(13-24-8-10-29-11-9-24)22(27)21(20)19(26)7-4-15-2-5-17(23)6-3-15/h2-7,12,25,27H,8-11,13-14H2,1H3.